The zero-order valence-corrected chi connectivity index (χ0v) is 17.5. The van der Waals surface area contributed by atoms with E-state index in [4.69, 9.17) is 11.6 Å². The van der Waals surface area contributed by atoms with Crippen LogP contribution in [0, 0.1) is 5.92 Å². The number of likely N-dealkylation sites (tertiary alicyclic amines) is 1. The Bertz CT molecular complexity index is 856. The fourth-order valence-corrected chi connectivity index (χ4v) is 3.93. The third kappa shape index (κ3) is 6.31. The lowest BCUT2D eigenvalue weighted by Gasteiger charge is -2.31. The Kier molecular flexibility index (Phi) is 7.67. The Hall–Kier alpha value is -2.37. The van der Waals surface area contributed by atoms with E-state index in [-0.39, 0.29) is 18.4 Å². The number of nitrogens with zero attached hydrogens (tertiary/aromatic N) is 1. The lowest BCUT2D eigenvalue weighted by Crippen LogP contribution is -2.37. The van der Waals surface area contributed by atoms with Crippen molar-refractivity contribution in [1.82, 2.24) is 15.5 Å². The molecular formula is C23H28ClN3O2. The van der Waals surface area contributed by atoms with Gasteiger partial charge in [0.1, 0.15) is 0 Å². The molecule has 1 aliphatic rings. The predicted octanol–water partition coefficient (Wildman–Crippen LogP) is 3.62. The standard InChI is InChI=1S/C23H28ClN3O2/c1-17-7-6-12-27(15-17)16-19-9-3-2-8-18(19)13-25-22(28)14-26-23(29)20-10-4-5-11-21(20)24/h2-5,8-11,17H,6-7,12-16H2,1H3,(H,25,28)(H,26,29)/t17-/m1/s1. The van der Waals surface area contributed by atoms with E-state index in [1.54, 1.807) is 24.3 Å². The zero-order valence-electron chi connectivity index (χ0n) is 16.8. The Balaban J connectivity index is 1.50. The topological polar surface area (TPSA) is 61.4 Å². The maximum atomic E-state index is 12.2. The van der Waals surface area contributed by atoms with Crippen molar-refractivity contribution < 1.29 is 9.59 Å². The quantitative estimate of drug-likeness (QED) is 0.728. The normalized spacial score (nSPS) is 17.0. The molecule has 0 saturated carbocycles. The van der Waals surface area contributed by atoms with Crippen molar-refractivity contribution in [2.24, 2.45) is 5.92 Å². The number of hydrogen-bond acceptors (Lipinski definition) is 3. The third-order valence-corrected chi connectivity index (χ3v) is 5.59. The molecule has 0 aliphatic carbocycles. The highest BCUT2D eigenvalue weighted by Crippen LogP contribution is 2.19. The number of rotatable bonds is 7. The summed E-state index contributed by atoms with van der Waals surface area (Å²) in [6, 6.07) is 15.0. The van der Waals surface area contributed by atoms with E-state index in [0.717, 1.165) is 31.1 Å². The third-order valence-electron chi connectivity index (χ3n) is 5.26. The molecule has 2 N–H and O–H groups in total. The number of halogens is 1. The zero-order chi connectivity index (χ0) is 20.6. The molecule has 1 fully saturated rings. The lowest BCUT2D eigenvalue weighted by atomic mass is 9.99. The Morgan fingerprint density at radius 2 is 1.79 bits per heavy atom. The van der Waals surface area contributed by atoms with Gasteiger partial charge in [0.15, 0.2) is 0 Å². The van der Waals surface area contributed by atoms with Gasteiger partial charge in [-0.15, -0.1) is 0 Å². The minimum atomic E-state index is -0.356. The van der Waals surface area contributed by atoms with Crippen LogP contribution in [-0.2, 0) is 17.9 Å². The summed E-state index contributed by atoms with van der Waals surface area (Å²) in [6.45, 7) is 5.80. The van der Waals surface area contributed by atoms with Crippen molar-refractivity contribution >= 4 is 23.4 Å². The minimum absolute atomic E-state index is 0.0874. The van der Waals surface area contributed by atoms with Gasteiger partial charge in [0, 0.05) is 19.6 Å². The van der Waals surface area contributed by atoms with Gasteiger partial charge >= 0.3 is 0 Å². The molecule has 154 valence electrons. The molecule has 2 aromatic rings. The summed E-state index contributed by atoms with van der Waals surface area (Å²) < 4.78 is 0. The first-order chi connectivity index (χ1) is 14.0. The van der Waals surface area contributed by atoms with Crippen LogP contribution in [0.1, 0.15) is 41.3 Å². The molecule has 0 radical (unpaired) electrons. The van der Waals surface area contributed by atoms with Gasteiger partial charge in [0.05, 0.1) is 17.1 Å². The van der Waals surface area contributed by atoms with E-state index >= 15 is 0 Å². The molecule has 0 spiro atoms. The van der Waals surface area contributed by atoms with Crippen molar-refractivity contribution in [2.75, 3.05) is 19.6 Å². The van der Waals surface area contributed by atoms with Gasteiger partial charge in [-0.3, -0.25) is 14.5 Å². The fraction of sp³-hybridized carbons (Fsp3) is 0.391. The molecule has 0 unspecified atom stereocenters. The molecule has 6 heteroatoms. The van der Waals surface area contributed by atoms with Crippen LogP contribution in [0.3, 0.4) is 0 Å². The highest BCUT2D eigenvalue weighted by atomic mass is 35.5. The van der Waals surface area contributed by atoms with Gasteiger partial charge in [-0.2, -0.15) is 0 Å². The van der Waals surface area contributed by atoms with Crippen molar-refractivity contribution in [2.45, 2.75) is 32.9 Å². The van der Waals surface area contributed by atoms with Crippen molar-refractivity contribution in [3.63, 3.8) is 0 Å². The molecular weight excluding hydrogens is 386 g/mol. The second-order valence-electron chi connectivity index (χ2n) is 7.69. The minimum Gasteiger partial charge on any atom is -0.350 e. The van der Waals surface area contributed by atoms with Crippen LogP contribution < -0.4 is 10.6 Å². The number of carbonyl (C=O) groups excluding carboxylic acids is 2. The van der Waals surface area contributed by atoms with Gasteiger partial charge in [-0.1, -0.05) is 54.9 Å². The number of piperidine rings is 1. The molecule has 2 aromatic carbocycles. The van der Waals surface area contributed by atoms with Gasteiger partial charge in [-0.25, -0.2) is 0 Å². The monoisotopic (exact) mass is 413 g/mol. The van der Waals surface area contributed by atoms with E-state index in [1.807, 2.05) is 18.2 Å². The summed E-state index contributed by atoms with van der Waals surface area (Å²) in [5.41, 5.74) is 2.71. The van der Waals surface area contributed by atoms with Crippen LogP contribution in [0.2, 0.25) is 5.02 Å². The fourth-order valence-electron chi connectivity index (χ4n) is 3.71. The maximum Gasteiger partial charge on any atom is 0.253 e. The first kappa shape index (κ1) is 21.3. The van der Waals surface area contributed by atoms with E-state index in [9.17, 15) is 9.59 Å². The van der Waals surface area contributed by atoms with E-state index in [1.165, 1.54) is 18.4 Å². The van der Waals surface area contributed by atoms with Crippen LogP contribution >= 0.6 is 11.6 Å². The average molecular weight is 414 g/mol. The number of benzene rings is 2. The summed E-state index contributed by atoms with van der Waals surface area (Å²) >= 11 is 6.02. The smallest absolute Gasteiger partial charge is 0.253 e. The summed E-state index contributed by atoms with van der Waals surface area (Å²) in [7, 11) is 0. The molecule has 3 rings (SSSR count). The van der Waals surface area contributed by atoms with E-state index in [0.29, 0.717) is 17.1 Å². The molecule has 0 bridgehead atoms. The highest BCUT2D eigenvalue weighted by Gasteiger charge is 2.17. The van der Waals surface area contributed by atoms with Crippen LogP contribution in [0.4, 0.5) is 0 Å². The van der Waals surface area contributed by atoms with Crippen molar-refractivity contribution in [1.29, 1.82) is 0 Å². The summed E-state index contributed by atoms with van der Waals surface area (Å²) in [5.74, 6) is 0.148. The number of hydrogen-bond donors (Lipinski definition) is 2. The molecule has 1 aliphatic heterocycles. The van der Waals surface area contributed by atoms with Crippen LogP contribution in [0.5, 0.6) is 0 Å². The van der Waals surface area contributed by atoms with Gasteiger partial charge in [-0.05, 0) is 48.6 Å². The second kappa shape index (κ2) is 10.4. The Morgan fingerprint density at radius 1 is 1.07 bits per heavy atom. The molecule has 0 aromatic heterocycles. The number of carbonyl (C=O) groups is 2. The summed E-state index contributed by atoms with van der Waals surface area (Å²) in [6.07, 6.45) is 2.54. The van der Waals surface area contributed by atoms with Crippen LogP contribution in [0.15, 0.2) is 48.5 Å². The predicted molar refractivity (Wildman–Crippen MR) is 116 cm³/mol. The first-order valence-electron chi connectivity index (χ1n) is 10.1. The maximum absolute atomic E-state index is 12.2. The second-order valence-corrected chi connectivity index (χ2v) is 8.10. The molecule has 2 amide bonds. The van der Waals surface area contributed by atoms with Crippen molar-refractivity contribution in [3.05, 3.63) is 70.2 Å². The first-order valence-corrected chi connectivity index (χ1v) is 10.5. The van der Waals surface area contributed by atoms with Gasteiger partial charge in [0.2, 0.25) is 5.91 Å². The summed E-state index contributed by atoms with van der Waals surface area (Å²) in [4.78, 5) is 26.9. The number of nitrogens with one attached hydrogen (secondary N) is 2. The lowest BCUT2D eigenvalue weighted by molar-refractivity contribution is -0.120. The van der Waals surface area contributed by atoms with Crippen LogP contribution in [-0.4, -0.2) is 36.3 Å². The van der Waals surface area contributed by atoms with Gasteiger partial charge < -0.3 is 10.6 Å². The van der Waals surface area contributed by atoms with E-state index < -0.39 is 0 Å². The molecule has 1 saturated heterocycles. The Morgan fingerprint density at radius 3 is 2.55 bits per heavy atom. The SMILES string of the molecule is C[C@@H]1CCCN(Cc2ccccc2CNC(=O)CNC(=O)c2ccccc2Cl)C1. The van der Waals surface area contributed by atoms with Crippen LogP contribution in [0.25, 0.3) is 0 Å². The molecule has 1 atom stereocenters. The largest absolute Gasteiger partial charge is 0.350 e. The van der Waals surface area contributed by atoms with Gasteiger partial charge in [0.25, 0.3) is 5.91 Å². The van der Waals surface area contributed by atoms with Crippen molar-refractivity contribution in [3.8, 4) is 0 Å². The molecule has 1 heterocycles. The number of amides is 2. The summed E-state index contributed by atoms with van der Waals surface area (Å²) in [5, 5.41) is 5.89. The van der Waals surface area contributed by atoms with E-state index in [2.05, 4.69) is 28.5 Å². The Labute approximate surface area is 177 Å². The highest BCUT2D eigenvalue weighted by molar-refractivity contribution is 6.33. The average Bonchev–Trinajstić information content (AvgIpc) is 2.72. The molecule has 5 nitrogen and oxygen atoms in total. The molecule has 29 heavy (non-hydrogen) atoms.